The summed E-state index contributed by atoms with van der Waals surface area (Å²) in [6.07, 6.45) is 1.58. The summed E-state index contributed by atoms with van der Waals surface area (Å²) in [6.45, 7) is 9.43. The maximum atomic E-state index is 6.82. The Kier molecular flexibility index (Phi) is 11.0. The molecule has 0 aliphatic carbocycles. The molecule has 0 spiro atoms. The highest BCUT2D eigenvalue weighted by molar-refractivity contribution is 5.51. The van der Waals surface area contributed by atoms with Gasteiger partial charge in [0.25, 0.3) is 0 Å². The number of nitrogens with zero attached hydrogens (tertiary/aromatic N) is 2. The first kappa shape index (κ1) is 39.1. The number of hydrogen-bond donors (Lipinski definition) is 1. The first-order valence-electron chi connectivity index (χ1n) is 21.7. The lowest BCUT2D eigenvalue weighted by atomic mass is 9.90. The topological polar surface area (TPSA) is 143 Å². The number of rotatable bonds is 26. The number of benzene rings is 4. The van der Waals surface area contributed by atoms with Crippen molar-refractivity contribution in [2.45, 2.75) is 67.6 Å². The predicted octanol–water partition coefficient (Wildman–Crippen LogP) is 5.59. The summed E-state index contributed by atoms with van der Waals surface area (Å²) >= 11 is 0. The lowest BCUT2D eigenvalue weighted by Gasteiger charge is -2.33. The van der Waals surface area contributed by atoms with E-state index in [0.717, 1.165) is 109 Å². The molecule has 7 aliphatic rings. The van der Waals surface area contributed by atoms with Crippen LogP contribution in [0.1, 0.15) is 24.3 Å². The minimum atomic E-state index is -2.11. The zero-order valence-electron chi connectivity index (χ0n) is 34.1. The fourth-order valence-corrected chi connectivity index (χ4v) is 7.68. The Morgan fingerprint density at radius 3 is 1.11 bits per heavy atom. The normalized spacial score (nSPS) is 27.4. The van der Waals surface area contributed by atoms with E-state index in [1.807, 2.05) is 84.9 Å². The molecule has 7 unspecified atom stereocenters. The Morgan fingerprint density at radius 2 is 0.770 bits per heavy atom. The van der Waals surface area contributed by atoms with Crippen molar-refractivity contribution in [2.75, 3.05) is 94.1 Å². The van der Waals surface area contributed by atoms with E-state index in [1.54, 1.807) is 0 Å². The van der Waals surface area contributed by atoms with Gasteiger partial charge in [-0.25, -0.2) is 0 Å². The van der Waals surface area contributed by atoms with Gasteiger partial charge >= 0.3 is 6.16 Å². The Morgan fingerprint density at radius 1 is 0.443 bits per heavy atom. The molecule has 322 valence electrons. The lowest BCUT2D eigenvalue weighted by Crippen LogP contribution is -2.53. The van der Waals surface area contributed by atoms with Crippen molar-refractivity contribution in [3.05, 3.63) is 103 Å². The highest BCUT2D eigenvalue weighted by Gasteiger charge is 2.44. The van der Waals surface area contributed by atoms with Gasteiger partial charge in [0.1, 0.15) is 23.0 Å². The third kappa shape index (κ3) is 11.4. The van der Waals surface area contributed by atoms with Crippen molar-refractivity contribution in [3.63, 3.8) is 0 Å². The van der Waals surface area contributed by atoms with E-state index >= 15 is 0 Å². The van der Waals surface area contributed by atoms with Crippen LogP contribution in [0.25, 0.3) is 0 Å². The number of ether oxygens (including phenoxy) is 11. The molecule has 4 aromatic rings. The smallest absolute Gasteiger partial charge is 0.386 e. The summed E-state index contributed by atoms with van der Waals surface area (Å²) in [5.74, 6) is 2.27. The van der Waals surface area contributed by atoms with Gasteiger partial charge in [-0.15, -0.1) is 0 Å². The van der Waals surface area contributed by atoms with Crippen LogP contribution in [0, 0.1) is 0 Å². The molecule has 1 N–H and O–H groups in total. The summed E-state index contributed by atoms with van der Waals surface area (Å²) in [7, 11) is 0. The van der Waals surface area contributed by atoms with Gasteiger partial charge in [-0.3, -0.25) is 0 Å². The molecule has 0 amide bonds. The number of epoxide rings is 7. The number of hydrogen-bond acceptors (Lipinski definition) is 14. The van der Waals surface area contributed by atoms with Gasteiger partial charge in [-0.2, -0.15) is 0 Å². The number of nitrogens with one attached hydrogen (secondary N) is 1. The van der Waals surface area contributed by atoms with E-state index < -0.39 is 6.16 Å². The largest absolute Gasteiger partial charge is 0.611 e. The first-order valence-corrected chi connectivity index (χ1v) is 21.7. The zero-order valence-corrected chi connectivity index (χ0v) is 34.1. The van der Waals surface area contributed by atoms with E-state index in [1.165, 1.54) is 5.56 Å². The highest BCUT2D eigenvalue weighted by atomic mass is 17.0. The average Bonchev–Trinajstić information content (AvgIpc) is 4.07. The van der Waals surface area contributed by atoms with Gasteiger partial charge in [0.05, 0.1) is 89.0 Å². The Balaban J connectivity index is 0.903. The average molecular weight is 836 g/mol. The molecule has 7 atom stereocenters. The molecule has 0 bridgehead atoms. The minimum absolute atomic E-state index is 0.231. The van der Waals surface area contributed by atoms with E-state index in [4.69, 9.17) is 52.1 Å². The monoisotopic (exact) mass is 835 g/mol. The van der Waals surface area contributed by atoms with Crippen LogP contribution in [0.5, 0.6) is 23.0 Å². The van der Waals surface area contributed by atoms with Gasteiger partial charge in [0, 0.05) is 49.8 Å². The maximum Gasteiger partial charge on any atom is 0.611 e. The Bertz CT molecular complexity index is 1820. The summed E-state index contributed by atoms with van der Waals surface area (Å²) in [6, 6.07) is 31.6. The maximum absolute atomic E-state index is 6.82. The van der Waals surface area contributed by atoms with Crippen molar-refractivity contribution < 1.29 is 52.1 Å². The van der Waals surface area contributed by atoms with Crippen molar-refractivity contribution >= 4 is 17.1 Å². The fraction of sp³-hybridized carbons (Fsp3) is 0.489. The summed E-state index contributed by atoms with van der Waals surface area (Å²) < 4.78 is 66.2. The van der Waals surface area contributed by atoms with Crippen molar-refractivity contribution in [3.8, 4) is 23.0 Å². The first-order chi connectivity index (χ1) is 30.0. The molecule has 14 nitrogen and oxygen atoms in total. The van der Waals surface area contributed by atoms with Crippen LogP contribution >= 0.6 is 0 Å². The van der Waals surface area contributed by atoms with Crippen LogP contribution in [-0.2, 0) is 33.2 Å². The SMILES string of the molecule is c1cc(OC(Oc2ccc(C(CC3CO3)CC3CO3)cc2)(Oc2ccc(N(CC3CO3)CC3CO3)cc2)Oc2ccc(N(CC3CO3)CC3CO3)cc2)ccc1NCC1CO1. The van der Waals surface area contributed by atoms with Gasteiger partial charge in [0.2, 0.25) is 0 Å². The summed E-state index contributed by atoms with van der Waals surface area (Å²) in [5, 5.41) is 3.42. The standard InChI is InChI=1S/C47H53N3O11/c1-9-36(10-2-31(1)32(17-40-24-51-40)18-41-25-52-41)58-47(59-37-11-3-33(4-12-37)48-19-42-26-53-42,60-38-13-5-34(6-14-38)49(20-43-27-54-43)21-44-28-55-44)61-39-15-7-35(8-16-39)50(22-45-29-56-45)23-46-30-57-46/h1-16,32,40-46,48H,17-30H2. The molecule has 0 radical (unpaired) electrons. The molecule has 4 aromatic carbocycles. The van der Waals surface area contributed by atoms with Crippen molar-refractivity contribution in [1.29, 1.82) is 0 Å². The van der Waals surface area contributed by atoms with Crippen LogP contribution in [0.3, 0.4) is 0 Å². The minimum Gasteiger partial charge on any atom is -0.386 e. The van der Waals surface area contributed by atoms with Crippen molar-refractivity contribution in [1.82, 2.24) is 0 Å². The van der Waals surface area contributed by atoms with Gasteiger partial charge < -0.3 is 67.2 Å². The molecular formula is C47H53N3O11. The fourth-order valence-electron chi connectivity index (χ4n) is 7.68. The highest BCUT2D eigenvalue weighted by Crippen LogP contribution is 2.37. The molecule has 7 heterocycles. The third-order valence-corrected chi connectivity index (χ3v) is 11.7. The molecule has 61 heavy (non-hydrogen) atoms. The molecule has 0 aromatic heterocycles. The Hall–Kier alpha value is -4.80. The van der Waals surface area contributed by atoms with Crippen LogP contribution in [0.15, 0.2) is 97.1 Å². The Labute approximate surface area is 355 Å². The molecule has 7 aliphatic heterocycles. The van der Waals surface area contributed by atoms with Crippen LogP contribution in [0.2, 0.25) is 0 Å². The van der Waals surface area contributed by atoms with E-state index in [2.05, 4.69) is 27.2 Å². The predicted molar refractivity (Wildman–Crippen MR) is 224 cm³/mol. The van der Waals surface area contributed by atoms with E-state index in [9.17, 15) is 0 Å². The molecular weight excluding hydrogens is 783 g/mol. The van der Waals surface area contributed by atoms with Gasteiger partial charge in [0.15, 0.2) is 0 Å². The second kappa shape index (κ2) is 17.2. The quantitative estimate of drug-likeness (QED) is 0.0620. The zero-order chi connectivity index (χ0) is 40.6. The van der Waals surface area contributed by atoms with Crippen LogP contribution < -0.4 is 34.1 Å². The summed E-state index contributed by atoms with van der Waals surface area (Å²) in [4.78, 5) is 4.60. The molecule has 7 fully saturated rings. The number of anilines is 3. The third-order valence-electron chi connectivity index (χ3n) is 11.7. The van der Waals surface area contributed by atoms with E-state index in [-0.39, 0.29) is 30.5 Å². The second-order valence-electron chi connectivity index (χ2n) is 17.0. The molecule has 0 saturated carbocycles. The van der Waals surface area contributed by atoms with Crippen molar-refractivity contribution in [2.24, 2.45) is 0 Å². The van der Waals surface area contributed by atoms with Gasteiger partial charge in [-0.05, 0) is 109 Å². The lowest BCUT2D eigenvalue weighted by molar-refractivity contribution is -0.367. The second-order valence-corrected chi connectivity index (χ2v) is 17.0. The summed E-state index contributed by atoms with van der Waals surface area (Å²) in [5.41, 5.74) is 4.22. The van der Waals surface area contributed by atoms with Crippen LogP contribution in [0.4, 0.5) is 17.1 Å². The molecule has 14 heteroatoms. The van der Waals surface area contributed by atoms with Crippen LogP contribution in [-0.4, -0.2) is 128 Å². The molecule has 7 saturated heterocycles. The van der Waals surface area contributed by atoms with Gasteiger partial charge in [-0.1, -0.05) is 12.1 Å². The molecule has 11 rings (SSSR count). The van der Waals surface area contributed by atoms with E-state index in [0.29, 0.717) is 41.1 Å².